The zero-order chi connectivity index (χ0) is 29.0. The van der Waals surface area contributed by atoms with Crippen LogP contribution in [0.5, 0.6) is 23.1 Å². The summed E-state index contributed by atoms with van der Waals surface area (Å²) in [4.78, 5) is 23.7. The van der Waals surface area contributed by atoms with Gasteiger partial charge < -0.3 is 29.0 Å². The predicted molar refractivity (Wildman–Crippen MR) is 156 cm³/mol. The number of aromatic nitrogens is 3. The van der Waals surface area contributed by atoms with E-state index in [1.165, 1.54) is 6.33 Å². The molecule has 1 fully saturated rings. The van der Waals surface area contributed by atoms with Gasteiger partial charge in [0.1, 0.15) is 12.1 Å². The van der Waals surface area contributed by atoms with E-state index in [4.69, 9.17) is 18.7 Å². The maximum atomic E-state index is 12.6. The number of hydrogen-bond donors (Lipinski definition) is 2. The Balaban J connectivity index is 1.27. The minimum atomic E-state index is -0.469. The van der Waals surface area contributed by atoms with Gasteiger partial charge in [0.15, 0.2) is 11.5 Å². The van der Waals surface area contributed by atoms with E-state index in [1.54, 1.807) is 37.4 Å². The second-order valence-corrected chi connectivity index (χ2v) is 11.3. The van der Waals surface area contributed by atoms with Crippen molar-refractivity contribution >= 4 is 28.5 Å². The van der Waals surface area contributed by atoms with Crippen LogP contribution in [0.15, 0.2) is 53.3 Å². The molecule has 0 radical (unpaired) electrons. The molecule has 0 saturated carbocycles. The fourth-order valence-electron chi connectivity index (χ4n) is 4.54. The number of nitrogens with zero attached hydrogens (tertiary/aromatic N) is 4. The van der Waals surface area contributed by atoms with Gasteiger partial charge in [-0.25, -0.2) is 14.8 Å². The van der Waals surface area contributed by atoms with Gasteiger partial charge in [-0.1, -0.05) is 32.0 Å². The van der Waals surface area contributed by atoms with Crippen LogP contribution in [0.25, 0.3) is 10.9 Å². The van der Waals surface area contributed by atoms with Crippen molar-refractivity contribution < 1.29 is 23.5 Å². The third kappa shape index (κ3) is 7.04. The lowest BCUT2D eigenvalue weighted by atomic mass is 9.92. The summed E-state index contributed by atoms with van der Waals surface area (Å²) in [7, 11) is 3.76. The molecule has 1 aliphatic rings. The largest absolute Gasteiger partial charge is 0.493 e. The second-order valence-electron chi connectivity index (χ2n) is 11.3. The van der Waals surface area contributed by atoms with E-state index >= 15 is 0 Å². The van der Waals surface area contributed by atoms with Crippen molar-refractivity contribution in [3.05, 3.63) is 54.5 Å². The molecule has 1 aliphatic heterocycles. The van der Waals surface area contributed by atoms with E-state index in [9.17, 15) is 4.79 Å². The van der Waals surface area contributed by atoms with Gasteiger partial charge in [0.2, 0.25) is 11.8 Å². The lowest BCUT2D eigenvalue weighted by Gasteiger charge is -2.28. The molecule has 2 aromatic carbocycles. The highest BCUT2D eigenvalue weighted by atomic mass is 16.5. The molecule has 2 N–H and O–H groups in total. The van der Waals surface area contributed by atoms with Crippen molar-refractivity contribution in [1.29, 1.82) is 0 Å². The molecule has 41 heavy (non-hydrogen) atoms. The number of methoxy groups -OCH3 is 1. The summed E-state index contributed by atoms with van der Waals surface area (Å²) in [6.45, 7) is 8.84. The molecule has 0 unspecified atom stereocenters. The Kier molecular flexibility index (Phi) is 8.25. The first-order chi connectivity index (χ1) is 19.7. The number of anilines is 2. The van der Waals surface area contributed by atoms with Crippen molar-refractivity contribution in [3.63, 3.8) is 0 Å². The summed E-state index contributed by atoms with van der Waals surface area (Å²) in [6.07, 6.45) is 3.67. The van der Waals surface area contributed by atoms with Crippen molar-refractivity contribution in [2.75, 3.05) is 44.5 Å². The zero-order valence-electron chi connectivity index (χ0n) is 24.1. The molecule has 0 spiro atoms. The highest BCUT2D eigenvalue weighted by molar-refractivity contribution is 5.99. The molecule has 5 rings (SSSR count). The fourth-order valence-corrected chi connectivity index (χ4v) is 4.54. The highest BCUT2D eigenvalue weighted by Crippen LogP contribution is 2.37. The van der Waals surface area contributed by atoms with Crippen molar-refractivity contribution in [2.45, 2.75) is 39.0 Å². The molecule has 0 bridgehead atoms. The quantitative estimate of drug-likeness (QED) is 0.264. The van der Waals surface area contributed by atoms with E-state index < -0.39 is 6.03 Å². The number of urea groups is 1. The highest BCUT2D eigenvalue weighted by Gasteiger charge is 2.21. The smallest absolute Gasteiger partial charge is 0.326 e. The normalized spacial score (nSPS) is 14.6. The topological polar surface area (TPSA) is 124 Å². The van der Waals surface area contributed by atoms with Gasteiger partial charge >= 0.3 is 6.03 Å². The number of piperidine rings is 1. The maximum Gasteiger partial charge on any atom is 0.326 e. The average molecular weight is 561 g/mol. The Bertz CT molecular complexity index is 1510. The molecule has 2 amide bonds. The van der Waals surface area contributed by atoms with E-state index in [1.807, 2.05) is 32.9 Å². The SMILES string of the molecule is COc1cc2c(Oc3cccc(NC(=O)Nc4cc(C(C)(C)C)no4)c3)ncnc2cc1OCC1CCN(C)CC1. The van der Waals surface area contributed by atoms with Gasteiger partial charge in [0, 0.05) is 29.3 Å². The van der Waals surface area contributed by atoms with Crippen LogP contribution < -0.4 is 24.8 Å². The first kappa shape index (κ1) is 28.2. The summed E-state index contributed by atoms with van der Waals surface area (Å²) < 4.78 is 23.2. The van der Waals surface area contributed by atoms with E-state index in [2.05, 4.69) is 37.7 Å². The molecule has 216 valence electrons. The number of carbonyl (C=O) groups excluding carboxylic acids is 1. The number of hydrogen-bond acceptors (Lipinski definition) is 9. The van der Waals surface area contributed by atoms with Gasteiger partial charge in [0.05, 0.1) is 30.3 Å². The molecule has 1 saturated heterocycles. The number of ether oxygens (including phenoxy) is 3. The van der Waals surface area contributed by atoms with Crippen molar-refractivity contribution in [2.24, 2.45) is 5.92 Å². The number of nitrogens with one attached hydrogen (secondary N) is 2. The van der Waals surface area contributed by atoms with Crippen LogP contribution in [0.1, 0.15) is 39.3 Å². The van der Waals surface area contributed by atoms with Gasteiger partial charge in [-0.05, 0) is 57.1 Å². The number of fused-ring (bicyclic) bond motifs is 1. The molecular formula is C30H36N6O5. The number of amides is 2. The van der Waals surface area contributed by atoms with Crippen LogP contribution in [0.4, 0.5) is 16.4 Å². The van der Waals surface area contributed by atoms with E-state index in [0.29, 0.717) is 52.2 Å². The van der Waals surface area contributed by atoms with E-state index in [0.717, 1.165) is 31.6 Å². The van der Waals surface area contributed by atoms with Crippen LogP contribution in [0.3, 0.4) is 0 Å². The van der Waals surface area contributed by atoms with Crippen molar-refractivity contribution in [1.82, 2.24) is 20.0 Å². The lowest BCUT2D eigenvalue weighted by Crippen LogP contribution is -2.32. The second kappa shape index (κ2) is 12.0. The summed E-state index contributed by atoms with van der Waals surface area (Å²) in [5.41, 5.74) is 1.75. The molecule has 0 aliphatic carbocycles. The van der Waals surface area contributed by atoms with Gasteiger partial charge in [-0.3, -0.25) is 5.32 Å². The molecule has 0 atom stereocenters. The molecule has 4 aromatic rings. The van der Waals surface area contributed by atoms with E-state index in [-0.39, 0.29) is 11.3 Å². The first-order valence-corrected chi connectivity index (χ1v) is 13.6. The maximum absolute atomic E-state index is 12.6. The first-order valence-electron chi connectivity index (χ1n) is 13.6. The Morgan fingerprint density at radius 1 is 1.07 bits per heavy atom. The molecule has 11 nitrogen and oxygen atoms in total. The number of likely N-dealkylation sites (tertiary alicyclic amines) is 1. The Labute approximate surface area is 239 Å². The van der Waals surface area contributed by atoms with Crippen molar-refractivity contribution in [3.8, 4) is 23.1 Å². The number of rotatable bonds is 8. The predicted octanol–water partition coefficient (Wildman–Crippen LogP) is 6.08. The van der Waals surface area contributed by atoms with Crippen LogP contribution in [0.2, 0.25) is 0 Å². The summed E-state index contributed by atoms with van der Waals surface area (Å²) in [6, 6.07) is 11.9. The molecule has 3 heterocycles. The average Bonchev–Trinajstić information content (AvgIpc) is 3.42. The number of carbonyl (C=O) groups is 1. The molecular weight excluding hydrogens is 524 g/mol. The Morgan fingerprint density at radius 2 is 1.88 bits per heavy atom. The van der Waals surface area contributed by atoms with Crippen LogP contribution in [-0.4, -0.2) is 59.9 Å². The summed E-state index contributed by atoms with van der Waals surface area (Å²) in [5, 5.41) is 10.1. The molecule has 11 heteroatoms. The Morgan fingerprint density at radius 3 is 2.61 bits per heavy atom. The minimum absolute atomic E-state index is 0.193. The van der Waals surface area contributed by atoms with Crippen LogP contribution in [0, 0.1) is 5.92 Å². The minimum Gasteiger partial charge on any atom is -0.493 e. The van der Waals surface area contributed by atoms with Gasteiger partial charge in [-0.2, -0.15) is 0 Å². The van der Waals surface area contributed by atoms with Crippen LogP contribution in [-0.2, 0) is 5.41 Å². The summed E-state index contributed by atoms with van der Waals surface area (Å²) >= 11 is 0. The number of benzene rings is 2. The Hall–Kier alpha value is -4.38. The van der Waals surface area contributed by atoms with Gasteiger partial charge in [-0.15, -0.1) is 0 Å². The summed E-state index contributed by atoms with van der Waals surface area (Å²) in [5.74, 6) is 2.83. The van der Waals surface area contributed by atoms with Crippen LogP contribution >= 0.6 is 0 Å². The third-order valence-electron chi connectivity index (χ3n) is 7.02. The zero-order valence-corrected chi connectivity index (χ0v) is 24.1. The molecule has 2 aromatic heterocycles. The van der Waals surface area contributed by atoms with Gasteiger partial charge in [0.25, 0.3) is 0 Å². The monoisotopic (exact) mass is 560 g/mol. The lowest BCUT2D eigenvalue weighted by molar-refractivity contribution is 0.157. The third-order valence-corrected chi connectivity index (χ3v) is 7.02. The fraction of sp³-hybridized carbons (Fsp3) is 0.400. The standard InChI is InChI=1S/C30H36N6O5/c1-30(2,3)26-16-27(41-35-26)34-29(37)33-20-7-6-8-21(13-20)40-28-22-14-24(38-5)25(15-23(22)31-18-32-28)39-17-19-9-11-36(4)12-10-19/h6-8,13-16,18-19H,9-12,17H2,1-5H3,(H2,33,34,37).